The van der Waals surface area contributed by atoms with Gasteiger partial charge in [0.15, 0.2) is 0 Å². The summed E-state index contributed by atoms with van der Waals surface area (Å²) >= 11 is 0. The molecule has 0 amide bonds. The lowest BCUT2D eigenvalue weighted by Crippen LogP contribution is -1.99. The van der Waals surface area contributed by atoms with Gasteiger partial charge in [0.25, 0.3) is 0 Å². The third kappa shape index (κ3) is 2.59. The van der Waals surface area contributed by atoms with Crippen molar-refractivity contribution in [3.8, 4) is 11.4 Å². The molecule has 0 aliphatic carbocycles. The van der Waals surface area contributed by atoms with Crippen LogP contribution in [0.5, 0.6) is 0 Å². The van der Waals surface area contributed by atoms with Gasteiger partial charge in [0, 0.05) is 18.8 Å². The first-order valence-corrected chi connectivity index (χ1v) is 5.93. The summed E-state index contributed by atoms with van der Waals surface area (Å²) in [7, 11) is 1.88. The molecule has 1 N–H and O–H groups in total. The normalized spacial score (nSPS) is 10.6. The number of carboxylic acids is 1. The lowest BCUT2D eigenvalue weighted by molar-refractivity contribution is -0.136. The van der Waals surface area contributed by atoms with Gasteiger partial charge in [-0.25, -0.2) is 4.98 Å². The van der Waals surface area contributed by atoms with Crippen LogP contribution < -0.4 is 0 Å². The Morgan fingerprint density at radius 1 is 1.33 bits per heavy atom. The number of aliphatic carboxylic acids is 1. The Kier molecular flexibility index (Phi) is 3.46. The molecule has 0 atom stereocenters. The van der Waals surface area contributed by atoms with Crippen molar-refractivity contribution in [2.45, 2.75) is 19.8 Å². The van der Waals surface area contributed by atoms with Gasteiger partial charge in [-0.05, 0) is 12.0 Å². The smallest absolute Gasteiger partial charge is 0.309 e. The highest BCUT2D eigenvalue weighted by molar-refractivity contribution is 5.70. The Hall–Kier alpha value is -2.10. The Morgan fingerprint density at radius 2 is 2.00 bits per heavy atom. The number of hydrogen-bond acceptors (Lipinski definition) is 2. The number of carboxylic acid groups (broad SMARTS) is 1. The molecule has 1 heterocycles. The number of carbonyl (C=O) groups is 1. The molecule has 0 saturated heterocycles. The maximum atomic E-state index is 10.7. The summed E-state index contributed by atoms with van der Waals surface area (Å²) in [5.41, 5.74) is 2.87. The molecule has 0 unspecified atom stereocenters. The fraction of sp³-hybridized carbons (Fsp3) is 0.286. The summed E-state index contributed by atoms with van der Waals surface area (Å²) in [6, 6.07) is 8.18. The number of rotatable bonds is 4. The third-order valence-electron chi connectivity index (χ3n) is 2.88. The number of imidazole rings is 1. The Labute approximate surface area is 106 Å². The zero-order valence-electron chi connectivity index (χ0n) is 10.6. The third-order valence-corrected chi connectivity index (χ3v) is 2.88. The zero-order chi connectivity index (χ0) is 13.1. The highest BCUT2D eigenvalue weighted by Gasteiger charge is 2.10. The van der Waals surface area contributed by atoms with Crippen molar-refractivity contribution in [2.24, 2.45) is 7.05 Å². The molecule has 0 fully saturated rings. The maximum Gasteiger partial charge on any atom is 0.309 e. The predicted molar refractivity (Wildman–Crippen MR) is 69.4 cm³/mol. The van der Waals surface area contributed by atoms with Gasteiger partial charge in [0.2, 0.25) is 0 Å². The highest BCUT2D eigenvalue weighted by Crippen LogP contribution is 2.19. The average Bonchev–Trinajstić information content (AvgIpc) is 2.69. The van der Waals surface area contributed by atoms with Gasteiger partial charge >= 0.3 is 5.97 Å². The molecule has 1 aromatic carbocycles. The van der Waals surface area contributed by atoms with Crippen LogP contribution in [0, 0.1) is 0 Å². The first kappa shape index (κ1) is 12.4. The number of nitrogens with zero attached hydrogens (tertiary/aromatic N) is 2. The summed E-state index contributed by atoms with van der Waals surface area (Å²) in [4.78, 5) is 15.0. The van der Waals surface area contributed by atoms with Gasteiger partial charge in [-0.3, -0.25) is 4.79 Å². The molecule has 0 aliphatic rings. The average molecular weight is 244 g/mol. The van der Waals surface area contributed by atoms with E-state index in [0.29, 0.717) is 5.69 Å². The lowest BCUT2D eigenvalue weighted by atomic mass is 10.1. The summed E-state index contributed by atoms with van der Waals surface area (Å²) in [5, 5.41) is 8.76. The van der Waals surface area contributed by atoms with Crippen LogP contribution in [0.4, 0.5) is 0 Å². The van der Waals surface area contributed by atoms with Crippen molar-refractivity contribution in [2.75, 3.05) is 0 Å². The van der Waals surface area contributed by atoms with Crippen LogP contribution in [0.15, 0.2) is 30.5 Å². The van der Waals surface area contributed by atoms with Gasteiger partial charge in [-0.15, -0.1) is 0 Å². The second-order valence-corrected chi connectivity index (χ2v) is 4.29. The Balaban J connectivity index is 2.31. The van der Waals surface area contributed by atoms with Gasteiger partial charge in [0.05, 0.1) is 12.1 Å². The van der Waals surface area contributed by atoms with Crippen molar-refractivity contribution >= 4 is 5.97 Å². The number of benzene rings is 1. The van der Waals surface area contributed by atoms with E-state index in [1.54, 1.807) is 6.20 Å². The van der Waals surface area contributed by atoms with Gasteiger partial charge in [0.1, 0.15) is 5.82 Å². The van der Waals surface area contributed by atoms with E-state index in [-0.39, 0.29) is 6.42 Å². The largest absolute Gasteiger partial charge is 0.481 e. The fourth-order valence-corrected chi connectivity index (χ4v) is 1.93. The van der Waals surface area contributed by atoms with Crippen molar-refractivity contribution in [1.29, 1.82) is 0 Å². The molecule has 0 spiro atoms. The number of aryl methyl sites for hydroxylation is 2. The molecule has 94 valence electrons. The minimum atomic E-state index is -0.860. The van der Waals surface area contributed by atoms with E-state index >= 15 is 0 Å². The van der Waals surface area contributed by atoms with Crippen LogP contribution in [0.2, 0.25) is 0 Å². The van der Waals surface area contributed by atoms with Crippen LogP contribution in [0.3, 0.4) is 0 Å². The quantitative estimate of drug-likeness (QED) is 0.897. The summed E-state index contributed by atoms with van der Waals surface area (Å²) in [5.74, 6) is -0.0603. The molecule has 0 bridgehead atoms. The van der Waals surface area contributed by atoms with Crippen molar-refractivity contribution < 1.29 is 9.90 Å². The van der Waals surface area contributed by atoms with E-state index in [1.807, 2.05) is 23.7 Å². The van der Waals surface area contributed by atoms with Gasteiger partial charge in [-0.2, -0.15) is 0 Å². The lowest BCUT2D eigenvalue weighted by Gasteiger charge is -2.02. The van der Waals surface area contributed by atoms with Crippen LogP contribution in [-0.4, -0.2) is 20.6 Å². The minimum Gasteiger partial charge on any atom is -0.481 e. The monoisotopic (exact) mass is 244 g/mol. The predicted octanol–water partition coefficient (Wildman–Crippen LogP) is 2.28. The van der Waals surface area contributed by atoms with E-state index in [4.69, 9.17) is 5.11 Å². The zero-order valence-corrected chi connectivity index (χ0v) is 10.6. The molecule has 1 aromatic heterocycles. The van der Waals surface area contributed by atoms with Crippen LogP contribution in [-0.2, 0) is 24.7 Å². The first-order valence-electron chi connectivity index (χ1n) is 5.93. The van der Waals surface area contributed by atoms with E-state index in [0.717, 1.165) is 17.8 Å². The van der Waals surface area contributed by atoms with Gasteiger partial charge in [-0.1, -0.05) is 31.2 Å². The van der Waals surface area contributed by atoms with Gasteiger partial charge < -0.3 is 9.67 Å². The molecule has 0 radical (unpaired) electrons. The fourth-order valence-electron chi connectivity index (χ4n) is 1.93. The molecule has 4 heteroatoms. The van der Waals surface area contributed by atoms with E-state index in [1.165, 1.54) is 5.56 Å². The molecular formula is C14H16N2O2. The van der Waals surface area contributed by atoms with Crippen LogP contribution in [0.25, 0.3) is 11.4 Å². The van der Waals surface area contributed by atoms with Crippen molar-refractivity contribution in [1.82, 2.24) is 9.55 Å². The SMILES string of the molecule is CCc1ccc(-c2nc(CC(=O)O)cn2C)cc1. The minimum absolute atomic E-state index is 0.0408. The van der Waals surface area contributed by atoms with E-state index < -0.39 is 5.97 Å². The van der Waals surface area contributed by atoms with Crippen LogP contribution >= 0.6 is 0 Å². The summed E-state index contributed by atoms with van der Waals surface area (Å²) in [6.45, 7) is 2.11. The topological polar surface area (TPSA) is 55.1 Å². The first-order chi connectivity index (χ1) is 8.60. The molecule has 0 aliphatic heterocycles. The second-order valence-electron chi connectivity index (χ2n) is 4.29. The highest BCUT2D eigenvalue weighted by atomic mass is 16.4. The molecule has 0 saturated carbocycles. The molecule has 18 heavy (non-hydrogen) atoms. The second kappa shape index (κ2) is 5.04. The number of hydrogen-bond donors (Lipinski definition) is 1. The molecule has 4 nitrogen and oxygen atoms in total. The van der Waals surface area contributed by atoms with Crippen molar-refractivity contribution in [3.63, 3.8) is 0 Å². The molecule has 2 aromatic rings. The summed E-state index contributed by atoms with van der Waals surface area (Å²) in [6.07, 6.45) is 2.73. The summed E-state index contributed by atoms with van der Waals surface area (Å²) < 4.78 is 1.86. The van der Waals surface area contributed by atoms with Crippen molar-refractivity contribution in [3.05, 3.63) is 41.7 Å². The Morgan fingerprint density at radius 3 is 2.56 bits per heavy atom. The Bertz CT molecular complexity index is 556. The number of aromatic nitrogens is 2. The molecule has 2 rings (SSSR count). The standard InChI is InChI=1S/C14H16N2O2/c1-3-10-4-6-11(7-5-10)14-15-12(8-13(17)18)9-16(14)2/h4-7,9H,3,8H2,1-2H3,(H,17,18). The maximum absolute atomic E-state index is 10.7. The van der Waals surface area contributed by atoms with Crippen LogP contribution in [0.1, 0.15) is 18.2 Å². The molecular weight excluding hydrogens is 228 g/mol. The van der Waals surface area contributed by atoms with E-state index in [9.17, 15) is 4.79 Å². The van der Waals surface area contributed by atoms with E-state index in [2.05, 4.69) is 24.0 Å².